The Morgan fingerprint density at radius 3 is 2.21 bits per heavy atom. The van der Waals surface area contributed by atoms with Gasteiger partial charge >= 0.3 is 0 Å². The van der Waals surface area contributed by atoms with E-state index in [4.69, 9.17) is 0 Å². The average Bonchev–Trinajstić information content (AvgIpc) is 2.50. The van der Waals surface area contributed by atoms with Crippen molar-refractivity contribution in [3.05, 3.63) is 35.4 Å². The van der Waals surface area contributed by atoms with Gasteiger partial charge in [0.2, 0.25) is 0 Å². The van der Waals surface area contributed by atoms with Crippen molar-refractivity contribution in [3.8, 4) is 0 Å². The van der Waals surface area contributed by atoms with Crippen LogP contribution in [-0.4, -0.2) is 26.2 Å². The molecule has 2 saturated heterocycles. The zero-order chi connectivity index (χ0) is 12.9. The van der Waals surface area contributed by atoms with Crippen molar-refractivity contribution in [2.24, 2.45) is 5.92 Å². The highest BCUT2D eigenvalue weighted by atomic mass is 14.9. The molecule has 1 aromatic carbocycles. The normalized spacial score (nSPS) is 22.5. The summed E-state index contributed by atoms with van der Waals surface area (Å²) in [5.74, 6) is 1.68. The third-order valence-corrected chi connectivity index (χ3v) is 4.80. The first-order chi connectivity index (χ1) is 9.43. The Hall–Kier alpha value is -0.860. The van der Waals surface area contributed by atoms with Gasteiger partial charge in [-0.3, -0.25) is 0 Å². The van der Waals surface area contributed by atoms with E-state index in [2.05, 4.69) is 34.9 Å². The Labute approximate surface area is 117 Å². The molecule has 0 radical (unpaired) electrons. The summed E-state index contributed by atoms with van der Waals surface area (Å²) in [5, 5.41) is 6.95. The van der Waals surface area contributed by atoms with Crippen molar-refractivity contribution < 1.29 is 0 Å². The molecule has 0 aliphatic carbocycles. The van der Waals surface area contributed by atoms with Crippen molar-refractivity contribution in [1.82, 2.24) is 10.6 Å². The molecule has 0 saturated carbocycles. The fourth-order valence-corrected chi connectivity index (χ4v) is 3.65. The molecule has 2 nitrogen and oxygen atoms in total. The van der Waals surface area contributed by atoms with Crippen LogP contribution in [0.2, 0.25) is 0 Å². The maximum atomic E-state index is 3.48. The van der Waals surface area contributed by atoms with Crippen LogP contribution in [0.3, 0.4) is 0 Å². The number of benzene rings is 1. The van der Waals surface area contributed by atoms with E-state index in [9.17, 15) is 0 Å². The molecule has 0 bridgehead atoms. The van der Waals surface area contributed by atoms with Gasteiger partial charge in [0.05, 0.1) is 0 Å². The van der Waals surface area contributed by atoms with Gasteiger partial charge in [0, 0.05) is 0 Å². The maximum Gasteiger partial charge on any atom is -0.00431 e. The molecule has 19 heavy (non-hydrogen) atoms. The fourth-order valence-electron chi connectivity index (χ4n) is 3.65. The van der Waals surface area contributed by atoms with Crippen LogP contribution >= 0.6 is 0 Å². The first-order valence-corrected chi connectivity index (χ1v) is 7.93. The van der Waals surface area contributed by atoms with Crippen molar-refractivity contribution >= 4 is 0 Å². The van der Waals surface area contributed by atoms with E-state index < -0.39 is 0 Å². The van der Waals surface area contributed by atoms with Crippen LogP contribution in [-0.2, 0) is 6.42 Å². The van der Waals surface area contributed by atoms with E-state index >= 15 is 0 Å². The minimum atomic E-state index is 0.791. The van der Waals surface area contributed by atoms with Crippen LogP contribution in [0.25, 0.3) is 0 Å². The van der Waals surface area contributed by atoms with Crippen molar-refractivity contribution in [1.29, 1.82) is 0 Å². The molecule has 104 valence electrons. The summed E-state index contributed by atoms with van der Waals surface area (Å²) >= 11 is 0. The molecule has 0 unspecified atom stereocenters. The molecule has 2 fully saturated rings. The Kier molecular flexibility index (Phi) is 4.52. The Morgan fingerprint density at radius 2 is 1.47 bits per heavy atom. The molecule has 1 aromatic rings. The van der Waals surface area contributed by atoms with Crippen LogP contribution in [0.4, 0.5) is 0 Å². The zero-order valence-electron chi connectivity index (χ0n) is 11.8. The summed E-state index contributed by atoms with van der Waals surface area (Å²) in [6.45, 7) is 4.79. The van der Waals surface area contributed by atoms with Crippen molar-refractivity contribution in [2.75, 3.05) is 26.2 Å². The van der Waals surface area contributed by atoms with Gasteiger partial charge in [-0.05, 0) is 81.2 Å². The molecule has 0 aromatic heterocycles. The smallest absolute Gasteiger partial charge is 0.00431 e. The fraction of sp³-hybridized carbons (Fsp3) is 0.647. The summed E-state index contributed by atoms with van der Waals surface area (Å²) < 4.78 is 0. The predicted octanol–water partition coefficient (Wildman–Crippen LogP) is 2.70. The van der Waals surface area contributed by atoms with Crippen LogP contribution in [0.15, 0.2) is 24.3 Å². The minimum absolute atomic E-state index is 0.791. The minimum Gasteiger partial charge on any atom is -0.317 e. The van der Waals surface area contributed by atoms with Gasteiger partial charge in [0.1, 0.15) is 0 Å². The number of rotatable bonds is 3. The van der Waals surface area contributed by atoms with E-state index in [-0.39, 0.29) is 0 Å². The summed E-state index contributed by atoms with van der Waals surface area (Å²) in [6.07, 6.45) is 6.61. The summed E-state index contributed by atoms with van der Waals surface area (Å²) in [7, 11) is 0. The van der Waals surface area contributed by atoms with Crippen LogP contribution in [0, 0.1) is 5.92 Å². The number of nitrogens with one attached hydrogen (secondary N) is 2. The summed E-state index contributed by atoms with van der Waals surface area (Å²) in [4.78, 5) is 0. The van der Waals surface area contributed by atoms with E-state index in [1.54, 1.807) is 11.1 Å². The Morgan fingerprint density at radius 1 is 0.842 bits per heavy atom. The van der Waals surface area contributed by atoms with Gasteiger partial charge < -0.3 is 10.6 Å². The third kappa shape index (κ3) is 3.37. The highest BCUT2D eigenvalue weighted by Gasteiger charge is 2.20. The topological polar surface area (TPSA) is 24.1 Å². The second-order valence-corrected chi connectivity index (χ2v) is 6.12. The molecule has 2 heterocycles. The largest absolute Gasteiger partial charge is 0.317 e. The van der Waals surface area contributed by atoms with Gasteiger partial charge in [-0.25, -0.2) is 0 Å². The third-order valence-electron chi connectivity index (χ3n) is 4.80. The first kappa shape index (κ1) is 13.1. The molecule has 2 heteroatoms. The molecule has 2 aliphatic heterocycles. The monoisotopic (exact) mass is 258 g/mol. The van der Waals surface area contributed by atoms with Crippen molar-refractivity contribution in [3.63, 3.8) is 0 Å². The van der Waals surface area contributed by atoms with E-state index in [0.717, 1.165) is 11.8 Å². The highest BCUT2D eigenvalue weighted by molar-refractivity contribution is 5.31. The van der Waals surface area contributed by atoms with Gasteiger partial charge in [-0.15, -0.1) is 0 Å². The molecular formula is C17H26N2. The van der Waals surface area contributed by atoms with Gasteiger partial charge in [-0.2, -0.15) is 0 Å². The quantitative estimate of drug-likeness (QED) is 0.871. The number of piperidine rings is 2. The second-order valence-electron chi connectivity index (χ2n) is 6.12. The highest BCUT2D eigenvalue weighted by Crippen LogP contribution is 2.30. The van der Waals surface area contributed by atoms with Crippen molar-refractivity contribution in [2.45, 2.75) is 38.0 Å². The zero-order valence-corrected chi connectivity index (χ0v) is 11.8. The molecule has 0 spiro atoms. The average molecular weight is 258 g/mol. The van der Waals surface area contributed by atoms with Crippen LogP contribution in [0.1, 0.15) is 42.7 Å². The standard InChI is InChI=1S/C17H26N2/c1-2-4-17(15-7-11-19-12-8-15)16(3-1)13-14-5-9-18-10-6-14/h1-4,14-15,18-19H,5-13H2. The Bertz CT molecular complexity index is 390. The molecule has 0 amide bonds. The maximum absolute atomic E-state index is 3.48. The van der Waals surface area contributed by atoms with E-state index in [1.807, 2.05) is 0 Å². The predicted molar refractivity (Wildman–Crippen MR) is 80.6 cm³/mol. The van der Waals surface area contributed by atoms with Gasteiger partial charge in [-0.1, -0.05) is 24.3 Å². The number of hydrogen-bond acceptors (Lipinski definition) is 2. The molecule has 0 atom stereocenters. The first-order valence-electron chi connectivity index (χ1n) is 7.93. The lowest BCUT2D eigenvalue weighted by Gasteiger charge is -2.28. The van der Waals surface area contributed by atoms with E-state index in [1.165, 1.54) is 58.3 Å². The van der Waals surface area contributed by atoms with Gasteiger partial charge in [0.25, 0.3) is 0 Å². The second kappa shape index (κ2) is 6.53. The summed E-state index contributed by atoms with van der Waals surface area (Å²) in [6, 6.07) is 9.20. The number of hydrogen-bond donors (Lipinski definition) is 2. The molecular weight excluding hydrogens is 232 g/mol. The lowest BCUT2D eigenvalue weighted by Crippen LogP contribution is -2.29. The Balaban J connectivity index is 1.72. The van der Waals surface area contributed by atoms with E-state index in [0.29, 0.717) is 0 Å². The molecule has 3 rings (SSSR count). The molecule has 2 aliphatic rings. The summed E-state index contributed by atoms with van der Waals surface area (Å²) in [5.41, 5.74) is 3.27. The van der Waals surface area contributed by atoms with Gasteiger partial charge in [0.15, 0.2) is 0 Å². The molecule has 2 N–H and O–H groups in total. The lowest BCUT2D eigenvalue weighted by molar-refractivity contribution is 0.370. The lowest BCUT2D eigenvalue weighted by atomic mass is 9.82. The SMILES string of the molecule is c1ccc(C2CCNCC2)c(CC2CCNCC2)c1. The van der Waals surface area contributed by atoms with Crippen LogP contribution < -0.4 is 10.6 Å². The van der Waals surface area contributed by atoms with Crippen LogP contribution in [0.5, 0.6) is 0 Å².